The molecule has 1 aromatic carbocycles. The minimum Gasteiger partial charge on any atom is -0.508 e. The first-order chi connectivity index (χ1) is 4.83. The van der Waals surface area contributed by atoms with Gasteiger partial charge in [0.05, 0.1) is 0 Å². The minimum absolute atomic E-state index is 0.208. The molecule has 0 aliphatic carbocycles. The van der Waals surface area contributed by atoms with E-state index in [1.54, 1.807) is 18.2 Å². The number of thiol groups is 1. The Balaban J connectivity index is 2.75. The Kier molecular flexibility index (Phi) is 2.45. The molecule has 0 saturated carbocycles. The second kappa shape index (κ2) is 3.37. The van der Waals surface area contributed by atoms with Crippen LogP contribution in [0.3, 0.4) is 0 Å². The number of phenols is 1. The molecule has 0 unspecified atom stereocenters. The van der Waals surface area contributed by atoms with E-state index in [-0.39, 0.29) is 5.75 Å². The molecule has 0 heterocycles. The largest absolute Gasteiger partial charge is 0.508 e. The smallest absolute Gasteiger partial charge is 0.131 e. The third-order valence-corrected chi connectivity index (χ3v) is 1.18. The molecule has 0 aliphatic heterocycles. The molecule has 1 aromatic rings. The quantitative estimate of drug-likeness (QED) is 0.503. The van der Waals surface area contributed by atoms with Crippen molar-refractivity contribution in [2.75, 3.05) is 5.94 Å². The lowest BCUT2D eigenvalue weighted by molar-refractivity contribution is 0.389. The molecule has 0 radical (unpaired) electrons. The summed E-state index contributed by atoms with van der Waals surface area (Å²) in [6.07, 6.45) is 0. The van der Waals surface area contributed by atoms with Gasteiger partial charge in [-0.2, -0.15) is 0 Å². The van der Waals surface area contributed by atoms with Gasteiger partial charge in [-0.15, -0.1) is 12.6 Å². The molecule has 0 aromatic heterocycles. The van der Waals surface area contributed by atoms with E-state index in [1.165, 1.54) is 6.07 Å². The maximum absolute atomic E-state index is 8.93. The third-order valence-electron chi connectivity index (χ3n) is 1.05. The van der Waals surface area contributed by atoms with Crippen LogP contribution in [0.2, 0.25) is 0 Å². The molecule has 0 spiro atoms. The predicted octanol–water partition coefficient (Wildman–Crippen LogP) is 1.66. The number of benzene rings is 1. The predicted molar refractivity (Wildman–Crippen MR) is 42.6 cm³/mol. The number of aromatic hydroxyl groups is 1. The molecule has 54 valence electrons. The normalized spacial score (nSPS) is 9.30. The lowest BCUT2D eigenvalue weighted by atomic mass is 10.3. The van der Waals surface area contributed by atoms with Gasteiger partial charge in [0.1, 0.15) is 17.4 Å². The van der Waals surface area contributed by atoms with Crippen molar-refractivity contribution in [2.24, 2.45) is 0 Å². The van der Waals surface area contributed by atoms with E-state index in [1.807, 2.05) is 0 Å². The maximum atomic E-state index is 8.93. The van der Waals surface area contributed by atoms with Crippen LogP contribution in [0.5, 0.6) is 11.5 Å². The fourth-order valence-electron chi connectivity index (χ4n) is 0.648. The Bertz CT molecular complexity index is 213. The maximum Gasteiger partial charge on any atom is 0.131 e. The number of rotatable bonds is 2. The van der Waals surface area contributed by atoms with Gasteiger partial charge in [-0.3, -0.25) is 0 Å². The van der Waals surface area contributed by atoms with E-state index >= 15 is 0 Å². The zero-order valence-corrected chi connectivity index (χ0v) is 6.21. The van der Waals surface area contributed by atoms with Crippen molar-refractivity contribution < 1.29 is 9.84 Å². The zero-order valence-electron chi connectivity index (χ0n) is 5.32. The van der Waals surface area contributed by atoms with Gasteiger partial charge in [-0.05, 0) is 12.1 Å². The highest BCUT2D eigenvalue weighted by atomic mass is 32.1. The Morgan fingerprint density at radius 1 is 1.50 bits per heavy atom. The molecule has 1 N–H and O–H groups in total. The number of phenolic OH excluding ortho intramolecular Hbond substituents is 1. The van der Waals surface area contributed by atoms with Crippen LogP contribution in [0.4, 0.5) is 0 Å². The van der Waals surface area contributed by atoms with Gasteiger partial charge >= 0.3 is 0 Å². The molecule has 0 bridgehead atoms. The lowest BCUT2D eigenvalue weighted by Gasteiger charge is -2.00. The van der Waals surface area contributed by atoms with Gasteiger partial charge in [0.2, 0.25) is 0 Å². The van der Waals surface area contributed by atoms with Gasteiger partial charge in [-0.25, -0.2) is 0 Å². The molecule has 2 nitrogen and oxygen atoms in total. The third kappa shape index (κ3) is 1.84. The Labute approximate surface area is 64.9 Å². The number of ether oxygens (including phenoxy) is 1. The number of hydrogen-bond donors (Lipinski definition) is 2. The molecule has 3 heteroatoms. The van der Waals surface area contributed by atoms with E-state index in [4.69, 9.17) is 9.84 Å². The topological polar surface area (TPSA) is 29.5 Å². The Morgan fingerprint density at radius 3 is 2.90 bits per heavy atom. The van der Waals surface area contributed by atoms with Gasteiger partial charge in [-0.1, -0.05) is 6.07 Å². The molecular weight excluding hydrogens is 148 g/mol. The second-order valence-electron chi connectivity index (χ2n) is 1.77. The van der Waals surface area contributed by atoms with Gasteiger partial charge in [0.25, 0.3) is 0 Å². The highest BCUT2D eigenvalue weighted by molar-refractivity contribution is 7.80. The van der Waals surface area contributed by atoms with Gasteiger partial charge < -0.3 is 9.84 Å². The molecule has 1 rings (SSSR count). The minimum atomic E-state index is 0.208. The van der Waals surface area contributed by atoms with E-state index < -0.39 is 0 Å². The second-order valence-corrected chi connectivity index (χ2v) is 2.03. The summed E-state index contributed by atoms with van der Waals surface area (Å²) in [5, 5.41) is 8.93. The molecule has 0 atom stereocenters. The van der Waals surface area contributed by atoms with Crippen LogP contribution in [0.1, 0.15) is 0 Å². The first-order valence-electron chi connectivity index (χ1n) is 2.85. The molecule has 0 fully saturated rings. The summed E-state index contributed by atoms with van der Waals surface area (Å²) >= 11 is 3.86. The van der Waals surface area contributed by atoms with E-state index in [0.717, 1.165) is 0 Å². The van der Waals surface area contributed by atoms with E-state index in [9.17, 15) is 0 Å². The average Bonchev–Trinajstić information content (AvgIpc) is 1.88. The monoisotopic (exact) mass is 156 g/mol. The summed E-state index contributed by atoms with van der Waals surface area (Å²) in [6.45, 7) is 0. The van der Waals surface area contributed by atoms with Crippen LogP contribution in [0.25, 0.3) is 0 Å². The SMILES string of the molecule is Oc1cccc(OCS)c1. The van der Waals surface area contributed by atoms with Crippen molar-refractivity contribution in [3.05, 3.63) is 24.3 Å². The Hall–Kier alpha value is -0.830. The molecule has 0 saturated heterocycles. The summed E-state index contributed by atoms with van der Waals surface area (Å²) in [5.74, 6) is 1.16. The summed E-state index contributed by atoms with van der Waals surface area (Å²) in [6, 6.07) is 6.60. The van der Waals surface area contributed by atoms with Crippen LogP contribution < -0.4 is 4.74 Å². The number of hydrogen-bond acceptors (Lipinski definition) is 3. The fourth-order valence-corrected chi connectivity index (χ4v) is 0.797. The van der Waals surface area contributed by atoms with Crippen molar-refractivity contribution in [1.82, 2.24) is 0 Å². The average molecular weight is 156 g/mol. The van der Waals surface area contributed by atoms with E-state index in [0.29, 0.717) is 11.7 Å². The van der Waals surface area contributed by atoms with Gasteiger partial charge in [0, 0.05) is 6.07 Å². The van der Waals surface area contributed by atoms with Crippen molar-refractivity contribution in [2.45, 2.75) is 0 Å². The van der Waals surface area contributed by atoms with Crippen LogP contribution >= 0.6 is 12.6 Å². The zero-order chi connectivity index (χ0) is 7.40. The highest BCUT2D eigenvalue weighted by Gasteiger charge is 1.91. The van der Waals surface area contributed by atoms with Crippen LogP contribution in [-0.4, -0.2) is 11.0 Å². The molecule has 10 heavy (non-hydrogen) atoms. The van der Waals surface area contributed by atoms with E-state index in [2.05, 4.69) is 12.6 Å². The highest BCUT2D eigenvalue weighted by Crippen LogP contribution is 2.17. The van der Waals surface area contributed by atoms with Crippen LogP contribution in [-0.2, 0) is 0 Å². The summed E-state index contributed by atoms with van der Waals surface area (Å²) in [7, 11) is 0. The van der Waals surface area contributed by atoms with Crippen LogP contribution in [0, 0.1) is 0 Å². The molecule has 0 amide bonds. The summed E-state index contributed by atoms with van der Waals surface area (Å²) < 4.78 is 4.99. The summed E-state index contributed by atoms with van der Waals surface area (Å²) in [4.78, 5) is 0. The van der Waals surface area contributed by atoms with Crippen molar-refractivity contribution in [3.8, 4) is 11.5 Å². The standard InChI is InChI=1S/C7H8O2S/c8-6-2-1-3-7(4-6)9-5-10/h1-4,8,10H,5H2. The van der Waals surface area contributed by atoms with Crippen molar-refractivity contribution in [1.29, 1.82) is 0 Å². The summed E-state index contributed by atoms with van der Waals surface area (Å²) in [5.41, 5.74) is 0. The lowest BCUT2D eigenvalue weighted by Crippen LogP contribution is -1.87. The van der Waals surface area contributed by atoms with Gasteiger partial charge in [0.15, 0.2) is 0 Å². The Morgan fingerprint density at radius 2 is 2.30 bits per heavy atom. The molecule has 0 aliphatic rings. The van der Waals surface area contributed by atoms with Crippen molar-refractivity contribution in [3.63, 3.8) is 0 Å². The van der Waals surface area contributed by atoms with Crippen LogP contribution in [0.15, 0.2) is 24.3 Å². The van der Waals surface area contributed by atoms with Crippen molar-refractivity contribution >= 4 is 12.6 Å². The molecular formula is C7H8O2S. The fraction of sp³-hybridized carbons (Fsp3) is 0.143. The first-order valence-corrected chi connectivity index (χ1v) is 3.49. The first kappa shape index (κ1) is 7.28.